The molecule has 0 aliphatic carbocycles. The van der Waals surface area contributed by atoms with Crippen molar-refractivity contribution in [2.24, 2.45) is 0 Å². The molecule has 10 nitrogen and oxygen atoms in total. The number of carbonyl (C=O) groups is 2. The van der Waals surface area contributed by atoms with E-state index >= 15 is 0 Å². The summed E-state index contributed by atoms with van der Waals surface area (Å²) in [7, 11) is -0.590. The number of rotatable bonds is 6. The van der Waals surface area contributed by atoms with E-state index in [9.17, 15) is 18.0 Å². The van der Waals surface area contributed by atoms with Crippen LogP contribution in [0.25, 0.3) is 0 Å². The first-order valence-corrected chi connectivity index (χ1v) is 11.2. The van der Waals surface area contributed by atoms with Crippen LogP contribution < -0.4 is 0 Å². The quantitative estimate of drug-likeness (QED) is 0.652. The molecular weight excluding hydrogens is 408 g/mol. The molecule has 2 aromatic rings. The topological polar surface area (TPSA) is 109 Å². The van der Waals surface area contributed by atoms with Crippen molar-refractivity contribution in [3.05, 3.63) is 41.7 Å². The predicted octanol–water partition coefficient (Wildman–Crippen LogP) is 0.348. The standard InChI is InChI=1S/C19H24N6O4S/c1-22(2)30(28,29)17-7-5-14(6-8-17)19(27)24-12-16(13-24)25-11-15(20-21-25)10-23-9-3-4-18(23)26/h5-8,11,16H,3-4,9-10,12-13H2,1-2H3. The van der Waals surface area contributed by atoms with Crippen LogP contribution in [-0.2, 0) is 21.4 Å². The van der Waals surface area contributed by atoms with Gasteiger partial charge in [-0.1, -0.05) is 5.21 Å². The predicted molar refractivity (Wildman–Crippen MR) is 107 cm³/mol. The van der Waals surface area contributed by atoms with Crippen LogP contribution in [-0.4, -0.2) is 83.1 Å². The highest BCUT2D eigenvalue weighted by Crippen LogP contribution is 2.24. The Morgan fingerprint density at radius 1 is 1.20 bits per heavy atom. The summed E-state index contributed by atoms with van der Waals surface area (Å²) in [4.78, 5) is 28.0. The molecule has 160 valence electrons. The Morgan fingerprint density at radius 2 is 1.90 bits per heavy atom. The van der Waals surface area contributed by atoms with E-state index in [1.165, 1.54) is 38.4 Å². The molecule has 2 amide bonds. The summed E-state index contributed by atoms with van der Waals surface area (Å²) in [5.74, 6) is -0.00239. The number of hydrogen-bond donors (Lipinski definition) is 0. The summed E-state index contributed by atoms with van der Waals surface area (Å²) in [5.41, 5.74) is 1.19. The molecule has 4 rings (SSSR count). The summed E-state index contributed by atoms with van der Waals surface area (Å²) in [5, 5.41) is 8.29. The van der Waals surface area contributed by atoms with E-state index in [-0.39, 0.29) is 22.8 Å². The fourth-order valence-electron chi connectivity index (χ4n) is 3.58. The average Bonchev–Trinajstić information content (AvgIpc) is 3.30. The van der Waals surface area contributed by atoms with Crippen LogP contribution >= 0.6 is 0 Å². The average molecular weight is 433 g/mol. The molecule has 0 spiro atoms. The van der Waals surface area contributed by atoms with Gasteiger partial charge < -0.3 is 9.80 Å². The Morgan fingerprint density at radius 3 is 2.50 bits per heavy atom. The Balaban J connectivity index is 1.34. The number of hydrogen-bond acceptors (Lipinski definition) is 6. The van der Waals surface area contributed by atoms with E-state index in [1.54, 1.807) is 14.5 Å². The van der Waals surface area contributed by atoms with Gasteiger partial charge in [0.05, 0.1) is 23.7 Å². The number of carbonyl (C=O) groups excluding carboxylic acids is 2. The maximum Gasteiger partial charge on any atom is 0.254 e. The van der Waals surface area contributed by atoms with Crippen molar-refractivity contribution < 1.29 is 18.0 Å². The molecule has 30 heavy (non-hydrogen) atoms. The summed E-state index contributed by atoms with van der Waals surface area (Å²) in [6.45, 7) is 2.23. The molecule has 3 heterocycles. The SMILES string of the molecule is CN(C)S(=O)(=O)c1ccc(C(=O)N2CC(n3cc(CN4CCCC4=O)nn3)C2)cc1. The lowest BCUT2D eigenvalue weighted by Crippen LogP contribution is -2.50. The molecule has 0 atom stereocenters. The van der Waals surface area contributed by atoms with Gasteiger partial charge >= 0.3 is 0 Å². The second kappa shape index (κ2) is 7.80. The third-order valence-electron chi connectivity index (χ3n) is 5.49. The van der Waals surface area contributed by atoms with Crippen LogP contribution in [0.1, 0.15) is 34.9 Å². The first-order valence-electron chi connectivity index (χ1n) is 9.76. The highest BCUT2D eigenvalue weighted by molar-refractivity contribution is 7.89. The minimum absolute atomic E-state index is 0.0397. The zero-order chi connectivity index (χ0) is 21.5. The van der Waals surface area contributed by atoms with E-state index in [0.717, 1.165) is 23.0 Å². The fourth-order valence-corrected chi connectivity index (χ4v) is 4.48. The van der Waals surface area contributed by atoms with Crippen molar-refractivity contribution in [1.29, 1.82) is 0 Å². The molecule has 11 heteroatoms. The van der Waals surface area contributed by atoms with Crippen molar-refractivity contribution in [2.75, 3.05) is 33.7 Å². The van der Waals surface area contributed by atoms with Crippen LogP contribution in [0.4, 0.5) is 0 Å². The van der Waals surface area contributed by atoms with Gasteiger partial charge in [-0.2, -0.15) is 0 Å². The van der Waals surface area contributed by atoms with E-state index in [0.29, 0.717) is 31.6 Å². The summed E-state index contributed by atoms with van der Waals surface area (Å²) in [6.07, 6.45) is 3.31. The lowest BCUT2D eigenvalue weighted by molar-refractivity contribution is -0.128. The van der Waals surface area contributed by atoms with Gasteiger partial charge in [-0.25, -0.2) is 17.4 Å². The Kier molecular flexibility index (Phi) is 5.33. The molecule has 0 unspecified atom stereocenters. The van der Waals surface area contributed by atoms with Crippen LogP contribution in [0.15, 0.2) is 35.4 Å². The van der Waals surface area contributed by atoms with Gasteiger partial charge in [0.2, 0.25) is 15.9 Å². The molecular formula is C19H24N6O4S. The van der Waals surface area contributed by atoms with Gasteiger partial charge in [0.15, 0.2) is 0 Å². The Hall–Kier alpha value is -2.79. The molecule has 0 radical (unpaired) electrons. The van der Waals surface area contributed by atoms with Crippen molar-refractivity contribution >= 4 is 21.8 Å². The third kappa shape index (κ3) is 3.82. The summed E-state index contributed by atoms with van der Waals surface area (Å²) in [6, 6.07) is 6.00. The maximum absolute atomic E-state index is 12.6. The number of aromatic nitrogens is 3. The molecule has 2 aliphatic heterocycles. The number of likely N-dealkylation sites (tertiary alicyclic amines) is 2. The van der Waals surface area contributed by atoms with Gasteiger partial charge in [-0.3, -0.25) is 9.59 Å². The largest absolute Gasteiger partial charge is 0.337 e. The first kappa shape index (κ1) is 20.5. The second-order valence-electron chi connectivity index (χ2n) is 7.78. The lowest BCUT2D eigenvalue weighted by Gasteiger charge is -2.38. The van der Waals surface area contributed by atoms with E-state index in [4.69, 9.17) is 0 Å². The summed E-state index contributed by atoms with van der Waals surface area (Å²) < 4.78 is 27.1. The number of nitrogens with zero attached hydrogens (tertiary/aromatic N) is 6. The lowest BCUT2D eigenvalue weighted by atomic mass is 10.1. The third-order valence-corrected chi connectivity index (χ3v) is 7.31. The van der Waals surface area contributed by atoms with Crippen LogP contribution in [0.5, 0.6) is 0 Å². The molecule has 0 saturated carbocycles. The molecule has 0 bridgehead atoms. The van der Waals surface area contributed by atoms with Gasteiger partial charge in [-0.05, 0) is 30.7 Å². The fraction of sp³-hybridized carbons (Fsp3) is 0.474. The minimum Gasteiger partial charge on any atom is -0.337 e. The molecule has 0 N–H and O–H groups in total. The monoisotopic (exact) mass is 432 g/mol. The van der Waals surface area contributed by atoms with Crippen molar-refractivity contribution in [3.63, 3.8) is 0 Å². The molecule has 1 aromatic carbocycles. The molecule has 2 saturated heterocycles. The van der Waals surface area contributed by atoms with E-state index in [2.05, 4.69) is 10.3 Å². The van der Waals surface area contributed by atoms with Crippen molar-refractivity contribution in [3.8, 4) is 0 Å². The van der Waals surface area contributed by atoms with Gasteiger partial charge in [0, 0.05) is 45.7 Å². The second-order valence-corrected chi connectivity index (χ2v) is 9.94. The Labute approximate surface area is 175 Å². The molecule has 2 aliphatic rings. The first-order chi connectivity index (χ1) is 14.3. The summed E-state index contributed by atoms with van der Waals surface area (Å²) >= 11 is 0. The highest BCUT2D eigenvalue weighted by Gasteiger charge is 2.33. The maximum atomic E-state index is 12.6. The van der Waals surface area contributed by atoms with E-state index in [1.807, 2.05) is 6.20 Å². The van der Waals surface area contributed by atoms with Crippen molar-refractivity contribution in [2.45, 2.75) is 30.3 Å². The molecule has 1 aromatic heterocycles. The smallest absolute Gasteiger partial charge is 0.254 e. The van der Waals surface area contributed by atoms with Gasteiger partial charge in [0.1, 0.15) is 5.69 Å². The van der Waals surface area contributed by atoms with Crippen LogP contribution in [0, 0.1) is 0 Å². The van der Waals surface area contributed by atoms with Crippen LogP contribution in [0.2, 0.25) is 0 Å². The number of amides is 2. The zero-order valence-electron chi connectivity index (χ0n) is 16.9. The van der Waals surface area contributed by atoms with Gasteiger partial charge in [-0.15, -0.1) is 5.10 Å². The highest BCUT2D eigenvalue weighted by atomic mass is 32.2. The van der Waals surface area contributed by atoms with Crippen molar-refractivity contribution in [1.82, 2.24) is 29.1 Å². The van der Waals surface area contributed by atoms with Gasteiger partial charge in [0.25, 0.3) is 5.91 Å². The minimum atomic E-state index is -3.52. The van der Waals surface area contributed by atoms with E-state index < -0.39 is 10.0 Å². The van der Waals surface area contributed by atoms with Crippen LogP contribution in [0.3, 0.4) is 0 Å². The number of sulfonamides is 1. The number of benzene rings is 1. The zero-order valence-corrected chi connectivity index (χ0v) is 17.7. The molecule has 2 fully saturated rings. The normalized spacial score (nSPS) is 17.6. The Bertz CT molecular complexity index is 1060.